The standard InChI is InChI=1S/C38H40Cl2N4O2/c39-32-17-16-31(27-33(32)40)37(19-10-24-44(28-37)36(46)29-11-3-1-4-12-29)18-9-23-43-25-20-38(21-26-43,30-13-5-2-6-14-30)42-35(45)34-15-7-8-22-41-34/h1-8,11-17,22,27H,9-10,18-21,23-26,28H2,(H,42,45). The Morgan fingerprint density at radius 2 is 1.50 bits per heavy atom. The van der Waals surface area contributed by atoms with Crippen LogP contribution in [0.5, 0.6) is 0 Å². The van der Waals surface area contributed by atoms with Gasteiger partial charge in [-0.1, -0.05) is 83.9 Å². The Kier molecular flexibility index (Phi) is 10.1. The van der Waals surface area contributed by atoms with E-state index in [0.29, 0.717) is 22.3 Å². The molecule has 238 valence electrons. The molecule has 1 aromatic heterocycles. The van der Waals surface area contributed by atoms with Gasteiger partial charge in [-0.3, -0.25) is 14.6 Å². The van der Waals surface area contributed by atoms with Crippen LogP contribution in [0.25, 0.3) is 0 Å². The van der Waals surface area contributed by atoms with E-state index in [1.165, 1.54) is 0 Å². The van der Waals surface area contributed by atoms with E-state index in [4.69, 9.17) is 23.2 Å². The molecule has 2 saturated heterocycles. The van der Waals surface area contributed by atoms with Gasteiger partial charge in [0, 0.05) is 43.4 Å². The molecule has 0 radical (unpaired) electrons. The number of likely N-dealkylation sites (tertiary alicyclic amines) is 2. The number of carbonyl (C=O) groups excluding carboxylic acids is 2. The van der Waals surface area contributed by atoms with Crippen molar-refractivity contribution in [3.63, 3.8) is 0 Å². The molecule has 1 unspecified atom stereocenters. The van der Waals surface area contributed by atoms with Gasteiger partial charge in [0.2, 0.25) is 0 Å². The van der Waals surface area contributed by atoms with Crippen molar-refractivity contribution < 1.29 is 9.59 Å². The summed E-state index contributed by atoms with van der Waals surface area (Å²) in [6.45, 7) is 4.07. The maximum Gasteiger partial charge on any atom is 0.270 e. The summed E-state index contributed by atoms with van der Waals surface area (Å²) in [5, 5.41) is 4.46. The highest BCUT2D eigenvalue weighted by Crippen LogP contribution is 2.41. The van der Waals surface area contributed by atoms with Crippen molar-refractivity contribution in [2.45, 2.75) is 49.5 Å². The zero-order valence-corrected chi connectivity index (χ0v) is 27.5. The first-order chi connectivity index (χ1) is 22.4. The largest absolute Gasteiger partial charge is 0.341 e. The maximum absolute atomic E-state index is 13.5. The summed E-state index contributed by atoms with van der Waals surface area (Å²) >= 11 is 12.9. The average Bonchev–Trinajstić information content (AvgIpc) is 3.11. The number of aromatic nitrogens is 1. The lowest BCUT2D eigenvalue weighted by atomic mass is 9.70. The van der Waals surface area contributed by atoms with E-state index in [2.05, 4.69) is 33.4 Å². The van der Waals surface area contributed by atoms with Gasteiger partial charge in [-0.2, -0.15) is 0 Å². The first-order valence-corrected chi connectivity index (χ1v) is 16.9. The Labute approximate surface area is 281 Å². The summed E-state index contributed by atoms with van der Waals surface area (Å²) in [6, 6.07) is 31.2. The molecule has 1 N–H and O–H groups in total. The molecule has 2 aliphatic heterocycles. The number of benzene rings is 3. The van der Waals surface area contributed by atoms with Gasteiger partial charge in [0.1, 0.15) is 5.69 Å². The lowest BCUT2D eigenvalue weighted by Crippen LogP contribution is -2.53. The fraction of sp³-hybridized carbons (Fsp3) is 0.342. The second-order valence-corrected chi connectivity index (χ2v) is 13.5. The summed E-state index contributed by atoms with van der Waals surface area (Å²) in [7, 11) is 0. The molecular weight excluding hydrogens is 615 g/mol. The zero-order chi connectivity index (χ0) is 32.0. The number of piperidine rings is 2. The summed E-state index contributed by atoms with van der Waals surface area (Å²) in [4.78, 5) is 35.6. The number of rotatable bonds is 9. The molecule has 46 heavy (non-hydrogen) atoms. The molecule has 6 rings (SSSR count). The highest BCUT2D eigenvalue weighted by Gasteiger charge is 2.40. The van der Waals surface area contributed by atoms with Crippen molar-refractivity contribution >= 4 is 35.0 Å². The van der Waals surface area contributed by atoms with Crippen LogP contribution in [0.2, 0.25) is 10.0 Å². The smallest absolute Gasteiger partial charge is 0.270 e. The maximum atomic E-state index is 13.5. The van der Waals surface area contributed by atoms with Crippen LogP contribution in [0.15, 0.2) is 103 Å². The van der Waals surface area contributed by atoms with Crippen molar-refractivity contribution in [1.82, 2.24) is 20.1 Å². The molecule has 0 bridgehead atoms. The minimum Gasteiger partial charge on any atom is -0.341 e. The van der Waals surface area contributed by atoms with Gasteiger partial charge < -0.3 is 15.1 Å². The lowest BCUT2D eigenvalue weighted by Gasteiger charge is -2.45. The highest BCUT2D eigenvalue weighted by molar-refractivity contribution is 6.42. The first-order valence-electron chi connectivity index (χ1n) is 16.2. The number of hydrogen-bond acceptors (Lipinski definition) is 4. The molecule has 0 spiro atoms. The molecule has 2 fully saturated rings. The minimum atomic E-state index is -0.449. The third-order valence-electron chi connectivity index (χ3n) is 9.83. The molecule has 4 aromatic rings. The van der Waals surface area contributed by atoms with Gasteiger partial charge in [-0.15, -0.1) is 0 Å². The van der Waals surface area contributed by atoms with E-state index in [0.717, 1.165) is 81.4 Å². The highest BCUT2D eigenvalue weighted by atomic mass is 35.5. The van der Waals surface area contributed by atoms with Crippen LogP contribution < -0.4 is 5.32 Å². The number of halogens is 2. The van der Waals surface area contributed by atoms with Crippen LogP contribution in [0.3, 0.4) is 0 Å². The Morgan fingerprint density at radius 3 is 2.20 bits per heavy atom. The number of pyridine rings is 1. The molecule has 2 aliphatic rings. The number of nitrogens with zero attached hydrogens (tertiary/aromatic N) is 3. The summed E-state index contributed by atoms with van der Waals surface area (Å²) in [5.74, 6) is -0.0702. The monoisotopic (exact) mass is 654 g/mol. The van der Waals surface area contributed by atoms with E-state index in [9.17, 15) is 9.59 Å². The SMILES string of the molecule is O=C(NC1(c2ccccc2)CCN(CCCC2(c3ccc(Cl)c(Cl)c3)CCCN(C(=O)c3ccccc3)C2)CC1)c1ccccn1. The molecule has 8 heteroatoms. The number of amides is 2. The quantitative estimate of drug-likeness (QED) is 0.200. The first kappa shape index (κ1) is 32.2. The van der Waals surface area contributed by atoms with Crippen molar-refractivity contribution in [2.24, 2.45) is 0 Å². The summed E-state index contributed by atoms with van der Waals surface area (Å²) in [6.07, 6.45) is 7.10. The molecule has 1 atom stereocenters. The van der Waals surface area contributed by atoms with Crippen molar-refractivity contribution in [1.29, 1.82) is 0 Å². The van der Waals surface area contributed by atoms with E-state index in [1.54, 1.807) is 12.3 Å². The summed E-state index contributed by atoms with van der Waals surface area (Å²) in [5.41, 5.74) is 2.76. The van der Waals surface area contributed by atoms with Crippen molar-refractivity contribution in [2.75, 3.05) is 32.7 Å². The molecule has 6 nitrogen and oxygen atoms in total. The Morgan fingerprint density at radius 1 is 0.783 bits per heavy atom. The zero-order valence-electron chi connectivity index (χ0n) is 26.0. The summed E-state index contributed by atoms with van der Waals surface area (Å²) < 4.78 is 0. The topological polar surface area (TPSA) is 65.5 Å². The van der Waals surface area contributed by atoms with Gasteiger partial charge in [-0.25, -0.2) is 0 Å². The predicted molar refractivity (Wildman–Crippen MR) is 184 cm³/mol. The third kappa shape index (κ3) is 7.15. The second-order valence-electron chi connectivity index (χ2n) is 12.7. The van der Waals surface area contributed by atoms with E-state index in [-0.39, 0.29) is 17.2 Å². The second kappa shape index (κ2) is 14.4. The molecular formula is C38H40Cl2N4O2. The number of hydrogen-bond donors (Lipinski definition) is 1. The van der Waals surface area contributed by atoms with Crippen LogP contribution >= 0.6 is 23.2 Å². The van der Waals surface area contributed by atoms with Crippen LogP contribution in [-0.4, -0.2) is 59.3 Å². The van der Waals surface area contributed by atoms with Gasteiger partial charge in [0.25, 0.3) is 11.8 Å². The predicted octanol–water partition coefficient (Wildman–Crippen LogP) is 7.76. The van der Waals surface area contributed by atoms with E-state index >= 15 is 0 Å². The van der Waals surface area contributed by atoms with E-state index < -0.39 is 5.54 Å². The fourth-order valence-corrected chi connectivity index (χ4v) is 7.60. The normalized spacial score (nSPS) is 19.8. The van der Waals surface area contributed by atoms with Gasteiger partial charge in [0.05, 0.1) is 15.6 Å². The van der Waals surface area contributed by atoms with Crippen LogP contribution in [0, 0.1) is 0 Å². The Balaban J connectivity index is 1.15. The van der Waals surface area contributed by atoms with Crippen LogP contribution in [0.4, 0.5) is 0 Å². The molecule has 3 aromatic carbocycles. The fourth-order valence-electron chi connectivity index (χ4n) is 7.30. The Hall–Kier alpha value is -3.71. The number of carbonyl (C=O) groups is 2. The average molecular weight is 656 g/mol. The molecule has 3 heterocycles. The minimum absolute atomic E-state index is 0.0748. The van der Waals surface area contributed by atoms with E-state index in [1.807, 2.05) is 77.7 Å². The Bertz CT molecular complexity index is 1630. The van der Waals surface area contributed by atoms with Crippen molar-refractivity contribution in [3.8, 4) is 0 Å². The van der Waals surface area contributed by atoms with Gasteiger partial charge >= 0.3 is 0 Å². The van der Waals surface area contributed by atoms with Gasteiger partial charge in [0.15, 0.2) is 0 Å². The number of nitrogens with one attached hydrogen (secondary N) is 1. The molecule has 0 saturated carbocycles. The van der Waals surface area contributed by atoms with Crippen LogP contribution in [-0.2, 0) is 11.0 Å². The third-order valence-corrected chi connectivity index (χ3v) is 10.6. The van der Waals surface area contributed by atoms with Crippen LogP contribution in [0.1, 0.15) is 70.5 Å². The molecule has 0 aliphatic carbocycles. The lowest BCUT2D eigenvalue weighted by molar-refractivity contribution is 0.0615. The van der Waals surface area contributed by atoms with Gasteiger partial charge in [-0.05, 0) is 92.6 Å². The van der Waals surface area contributed by atoms with Crippen molar-refractivity contribution in [3.05, 3.63) is 136 Å². The molecule has 2 amide bonds.